The molecule has 0 aromatic heterocycles. The maximum Gasteiger partial charge on any atom is 0.573 e. The number of non-ortho nitro benzene ring substituents is 1. The lowest BCUT2D eigenvalue weighted by Crippen LogP contribution is -2.18. The molecular formula is C11H9F3N2O4S. The summed E-state index contributed by atoms with van der Waals surface area (Å²) in [4.78, 5) is 9.89. The van der Waals surface area contributed by atoms with Gasteiger partial charge in [-0.2, -0.15) is 4.40 Å². The first-order chi connectivity index (χ1) is 9.76. The molecule has 6 nitrogen and oxygen atoms in total. The lowest BCUT2D eigenvalue weighted by atomic mass is 10.2. The molecule has 1 atom stereocenters. The molecule has 0 bridgehead atoms. The van der Waals surface area contributed by atoms with E-state index in [2.05, 4.69) is 9.13 Å². The van der Waals surface area contributed by atoms with Gasteiger partial charge in [0.05, 0.1) is 10.2 Å². The minimum Gasteiger partial charge on any atom is -0.405 e. The fourth-order valence-corrected chi connectivity index (χ4v) is 2.36. The molecule has 1 aliphatic rings. The Morgan fingerprint density at radius 3 is 2.62 bits per heavy atom. The van der Waals surface area contributed by atoms with Gasteiger partial charge in [0, 0.05) is 23.9 Å². The molecule has 0 heterocycles. The van der Waals surface area contributed by atoms with E-state index in [9.17, 15) is 27.5 Å². The van der Waals surface area contributed by atoms with Crippen molar-refractivity contribution in [1.29, 1.82) is 0 Å². The van der Waals surface area contributed by atoms with Crippen molar-refractivity contribution in [3.8, 4) is 5.75 Å². The number of nitrogens with zero attached hydrogens (tertiary/aromatic N) is 2. The third-order valence-electron chi connectivity index (χ3n) is 2.54. The average molecular weight is 322 g/mol. The van der Waals surface area contributed by atoms with Gasteiger partial charge in [-0.05, 0) is 18.9 Å². The number of alkyl halides is 3. The van der Waals surface area contributed by atoms with Crippen LogP contribution in [0.15, 0.2) is 22.6 Å². The molecule has 1 aromatic rings. The first-order valence-electron chi connectivity index (χ1n) is 5.75. The zero-order valence-electron chi connectivity index (χ0n) is 10.4. The maximum atomic E-state index is 12.3. The standard InChI is InChI=1S/C11H9F3N2O4S/c12-11(13,14)20-10-4-1-8(16(17)18)5-7(10)6-15-21(19)9-2-3-9/h1,4-6,9H,2-3H2. The topological polar surface area (TPSA) is 81.8 Å². The second kappa shape index (κ2) is 5.80. The highest BCUT2D eigenvalue weighted by molar-refractivity contribution is 7.84. The van der Waals surface area contributed by atoms with Crippen LogP contribution in [0.25, 0.3) is 0 Å². The molecule has 114 valence electrons. The average Bonchev–Trinajstić information content (AvgIpc) is 3.19. The molecular weight excluding hydrogens is 313 g/mol. The quantitative estimate of drug-likeness (QED) is 0.474. The van der Waals surface area contributed by atoms with Crippen LogP contribution in [0, 0.1) is 10.1 Å². The van der Waals surface area contributed by atoms with E-state index in [1.54, 1.807) is 0 Å². The highest BCUT2D eigenvalue weighted by atomic mass is 32.2. The van der Waals surface area contributed by atoms with E-state index in [0.717, 1.165) is 37.3 Å². The molecule has 1 unspecified atom stereocenters. The summed E-state index contributed by atoms with van der Waals surface area (Å²) in [5, 5.41) is 10.6. The minimum atomic E-state index is -4.94. The third kappa shape index (κ3) is 4.52. The summed E-state index contributed by atoms with van der Waals surface area (Å²) in [5.41, 5.74) is -0.668. The predicted octanol–water partition coefficient (Wildman–Crippen LogP) is 2.74. The Morgan fingerprint density at radius 2 is 2.10 bits per heavy atom. The molecule has 1 aliphatic carbocycles. The molecule has 1 saturated carbocycles. The Bertz CT molecular complexity index is 614. The van der Waals surface area contributed by atoms with Crippen LogP contribution in [-0.2, 0) is 11.0 Å². The van der Waals surface area contributed by atoms with Crippen molar-refractivity contribution in [3.63, 3.8) is 0 Å². The molecule has 2 rings (SSSR count). The van der Waals surface area contributed by atoms with Crippen molar-refractivity contribution in [2.75, 3.05) is 0 Å². The van der Waals surface area contributed by atoms with Crippen molar-refractivity contribution in [3.05, 3.63) is 33.9 Å². The normalized spacial score (nSPS) is 16.9. The third-order valence-corrected chi connectivity index (χ3v) is 3.89. The highest BCUT2D eigenvalue weighted by Gasteiger charge is 2.32. The van der Waals surface area contributed by atoms with E-state index in [4.69, 9.17) is 0 Å². The largest absolute Gasteiger partial charge is 0.573 e. The van der Waals surface area contributed by atoms with Gasteiger partial charge in [0.1, 0.15) is 16.7 Å². The van der Waals surface area contributed by atoms with E-state index in [0.29, 0.717) is 0 Å². The van der Waals surface area contributed by atoms with Crippen LogP contribution in [0.5, 0.6) is 5.75 Å². The zero-order chi connectivity index (χ0) is 15.6. The van der Waals surface area contributed by atoms with Gasteiger partial charge in [0.25, 0.3) is 5.69 Å². The van der Waals surface area contributed by atoms with E-state index in [-0.39, 0.29) is 10.8 Å². The van der Waals surface area contributed by atoms with Crippen LogP contribution < -0.4 is 4.74 Å². The summed E-state index contributed by atoms with van der Waals surface area (Å²) in [5.74, 6) is -0.635. The molecule has 0 saturated heterocycles. The van der Waals surface area contributed by atoms with Crippen molar-refractivity contribution in [2.45, 2.75) is 24.5 Å². The Labute approximate surface area is 119 Å². The maximum absolute atomic E-state index is 12.3. The van der Waals surface area contributed by atoms with E-state index < -0.39 is 33.7 Å². The fourth-order valence-electron chi connectivity index (χ4n) is 1.43. The zero-order valence-corrected chi connectivity index (χ0v) is 11.2. The van der Waals surface area contributed by atoms with Crippen LogP contribution in [0.4, 0.5) is 18.9 Å². The van der Waals surface area contributed by atoms with Crippen LogP contribution in [0.3, 0.4) is 0 Å². The molecule has 0 radical (unpaired) electrons. The summed E-state index contributed by atoms with van der Waals surface area (Å²) >= 11 is 0. The van der Waals surface area contributed by atoms with Crippen LogP contribution in [0.2, 0.25) is 0 Å². The number of nitro benzene ring substituents is 1. The van der Waals surface area contributed by atoms with Crippen LogP contribution in [-0.4, -0.2) is 27.0 Å². The Hall–Kier alpha value is -1.97. The predicted molar refractivity (Wildman–Crippen MR) is 68.5 cm³/mol. The summed E-state index contributed by atoms with van der Waals surface area (Å²) in [7, 11) is -1.55. The van der Waals surface area contributed by atoms with E-state index in [1.807, 2.05) is 0 Å². The van der Waals surface area contributed by atoms with Gasteiger partial charge in [0.2, 0.25) is 0 Å². The van der Waals surface area contributed by atoms with Crippen molar-refractivity contribution < 1.29 is 27.0 Å². The molecule has 0 amide bonds. The minimum absolute atomic E-state index is 0.0908. The number of benzene rings is 1. The van der Waals surface area contributed by atoms with Gasteiger partial charge in [-0.25, -0.2) is 4.21 Å². The number of hydrogen-bond donors (Lipinski definition) is 0. The SMILES string of the molecule is O=[N+]([O-])c1ccc(OC(F)(F)F)c(C=NS(=O)C2CC2)c1. The van der Waals surface area contributed by atoms with E-state index in [1.165, 1.54) is 0 Å². The summed E-state index contributed by atoms with van der Waals surface area (Å²) in [6, 6.07) is 2.60. The first kappa shape index (κ1) is 15.4. The summed E-state index contributed by atoms with van der Waals surface area (Å²) < 4.78 is 55.7. The van der Waals surface area contributed by atoms with Gasteiger partial charge < -0.3 is 4.74 Å². The Kier molecular flexibility index (Phi) is 4.26. The number of halogens is 3. The van der Waals surface area contributed by atoms with Gasteiger partial charge in [-0.1, -0.05) is 0 Å². The Morgan fingerprint density at radius 1 is 1.43 bits per heavy atom. The van der Waals surface area contributed by atoms with Crippen LogP contribution in [0.1, 0.15) is 18.4 Å². The molecule has 21 heavy (non-hydrogen) atoms. The van der Waals surface area contributed by atoms with Crippen molar-refractivity contribution in [1.82, 2.24) is 0 Å². The lowest BCUT2D eigenvalue weighted by Gasteiger charge is -2.10. The number of ether oxygens (including phenoxy) is 1. The molecule has 1 aromatic carbocycles. The Balaban J connectivity index is 2.30. The fraction of sp³-hybridized carbons (Fsp3) is 0.364. The summed E-state index contributed by atoms with van der Waals surface area (Å²) in [6.45, 7) is 0. The monoisotopic (exact) mass is 322 g/mol. The van der Waals surface area contributed by atoms with E-state index >= 15 is 0 Å². The molecule has 1 fully saturated rings. The van der Waals surface area contributed by atoms with Crippen molar-refractivity contribution in [2.24, 2.45) is 4.40 Å². The number of hydrogen-bond acceptors (Lipinski definition) is 4. The molecule has 0 aliphatic heterocycles. The van der Waals surface area contributed by atoms with Crippen molar-refractivity contribution >= 4 is 22.9 Å². The van der Waals surface area contributed by atoms with Gasteiger partial charge in [0.15, 0.2) is 0 Å². The smallest absolute Gasteiger partial charge is 0.405 e. The second-order valence-electron chi connectivity index (χ2n) is 4.24. The first-order valence-corrected chi connectivity index (χ1v) is 6.92. The van der Waals surface area contributed by atoms with Gasteiger partial charge in [-0.15, -0.1) is 13.2 Å². The van der Waals surface area contributed by atoms with Crippen LogP contribution >= 0.6 is 0 Å². The van der Waals surface area contributed by atoms with Gasteiger partial charge in [-0.3, -0.25) is 10.1 Å². The highest BCUT2D eigenvalue weighted by Crippen LogP contribution is 2.30. The molecule has 0 N–H and O–H groups in total. The molecule has 10 heteroatoms. The number of nitro groups is 1. The summed E-state index contributed by atoms with van der Waals surface area (Å²) in [6.07, 6.45) is -2.55. The lowest BCUT2D eigenvalue weighted by molar-refractivity contribution is -0.385. The number of rotatable bonds is 5. The second-order valence-corrected chi connectivity index (χ2v) is 5.67. The molecule has 0 spiro atoms. The van der Waals surface area contributed by atoms with Gasteiger partial charge >= 0.3 is 6.36 Å².